The summed E-state index contributed by atoms with van der Waals surface area (Å²) in [5.41, 5.74) is -0.227. The molecule has 1 N–H and O–H groups in total. The third-order valence-electron chi connectivity index (χ3n) is 6.12. The Morgan fingerprint density at radius 3 is 2.55 bits per heavy atom. The van der Waals surface area contributed by atoms with E-state index in [1.807, 2.05) is 20.8 Å². The molecular formula is C23H30FN3O6. The molecule has 4 atom stereocenters. The summed E-state index contributed by atoms with van der Waals surface area (Å²) in [5, 5.41) is 2.62. The van der Waals surface area contributed by atoms with Gasteiger partial charge in [-0.3, -0.25) is 9.69 Å². The largest absolute Gasteiger partial charge is 0.491 e. The van der Waals surface area contributed by atoms with Gasteiger partial charge in [0.1, 0.15) is 23.3 Å². The molecule has 9 nitrogen and oxygen atoms in total. The lowest BCUT2D eigenvalue weighted by Gasteiger charge is -2.26. The number of ether oxygens (including phenoxy) is 3. The first kappa shape index (κ1) is 23.1. The predicted octanol–water partition coefficient (Wildman–Crippen LogP) is 2.78. The van der Waals surface area contributed by atoms with Gasteiger partial charge in [-0.2, -0.15) is 0 Å². The first-order valence-corrected chi connectivity index (χ1v) is 11.1. The monoisotopic (exact) mass is 463 g/mol. The third-order valence-corrected chi connectivity index (χ3v) is 6.12. The Balaban J connectivity index is 1.33. The number of nitrogens with zero attached hydrogens (tertiary/aromatic N) is 2. The molecular weight excluding hydrogens is 433 g/mol. The summed E-state index contributed by atoms with van der Waals surface area (Å²) in [6.07, 6.45) is -1.44. The van der Waals surface area contributed by atoms with Crippen LogP contribution in [0, 0.1) is 23.6 Å². The van der Waals surface area contributed by atoms with Crippen molar-refractivity contribution in [2.24, 2.45) is 17.8 Å². The van der Waals surface area contributed by atoms with Gasteiger partial charge in [0.15, 0.2) is 0 Å². The van der Waals surface area contributed by atoms with Gasteiger partial charge in [0.2, 0.25) is 5.91 Å². The van der Waals surface area contributed by atoms with Crippen molar-refractivity contribution in [2.75, 3.05) is 37.7 Å². The van der Waals surface area contributed by atoms with Crippen molar-refractivity contribution in [1.29, 1.82) is 0 Å². The van der Waals surface area contributed by atoms with Crippen LogP contribution in [0.2, 0.25) is 0 Å². The molecule has 2 heterocycles. The van der Waals surface area contributed by atoms with Crippen molar-refractivity contribution in [3.63, 3.8) is 0 Å². The number of hydrogen-bond donors (Lipinski definition) is 1. The minimum Gasteiger partial charge on any atom is -0.491 e. The highest BCUT2D eigenvalue weighted by Gasteiger charge is 2.57. The van der Waals surface area contributed by atoms with E-state index in [1.54, 1.807) is 4.90 Å². The van der Waals surface area contributed by atoms with Crippen LogP contribution in [0.5, 0.6) is 5.75 Å². The van der Waals surface area contributed by atoms with Crippen molar-refractivity contribution < 1.29 is 33.0 Å². The van der Waals surface area contributed by atoms with Crippen molar-refractivity contribution >= 4 is 23.8 Å². The lowest BCUT2D eigenvalue weighted by atomic mass is 10.2. The Kier molecular flexibility index (Phi) is 6.11. The van der Waals surface area contributed by atoms with E-state index in [-0.39, 0.29) is 25.1 Å². The van der Waals surface area contributed by atoms with Gasteiger partial charge in [-0.1, -0.05) is 0 Å². The van der Waals surface area contributed by atoms with Gasteiger partial charge in [0.05, 0.1) is 25.4 Å². The molecule has 1 aliphatic carbocycles. The maximum atomic E-state index is 14.0. The second-order valence-corrected chi connectivity index (χ2v) is 9.85. The summed E-state index contributed by atoms with van der Waals surface area (Å²) in [6.45, 7) is 8.95. The molecule has 33 heavy (non-hydrogen) atoms. The van der Waals surface area contributed by atoms with E-state index in [4.69, 9.17) is 14.2 Å². The number of piperidine rings is 1. The lowest BCUT2D eigenvalue weighted by molar-refractivity contribution is -0.119. The van der Waals surface area contributed by atoms with E-state index in [1.165, 1.54) is 30.0 Å². The molecule has 180 valence electrons. The zero-order valence-corrected chi connectivity index (χ0v) is 19.3. The van der Waals surface area contributed by atoms with Gasteiger partial charge in [-0.15, -0.1) is 0 Å². The summed E-state index contributed by atoms with van der Waals surface area (Å²) in [6, 6.07) is 4.03. The van der Waals surface area contributed by atoms with Crippen molar-refractivity contribution in [3.8, 4) is 5.75 Å². The smallest absolute Gasteiger partial charge is 0.414 e. The SMILES string of the molecule is CC(=O)NC[C@H]1CN(c2cc(F)ccc2OC[C@@H]2C3CN(C(=O)OC(C)(C)C)C[C@@H]32)C(=O)O1. The number of amides is 3. The number of cyclic esters (lactones) is 1. The summed E-state index contributed by atoms with van der Waals surface area (Å²) < 4.78 is 30.7. The standard InChI is InChI=1S/C23H30FN3O6/c1-13(28)25-8-15-9-27(22(30)32-15)19-7-14(24)5-6-20(19)31-12-18-16-10-26(11-17(16)18)21(29)33-23(2,3)4/h5-7,15-18H,8-12H2,1-4H3,(H,25,28)/t15-,16-,17?,18-/m0/s1. The molecule has 10 heteroatoms. The fourth-order valence-corrected chi connectivity index (χ4v) is 4.46. The Morgan fingerprint density at radius 2 is 1.91 bits per heavy atom. The highest BCUT2D eigenvalue weighted by Crippen LogP contribution is 2.52. The van der Waals surface area contributed by atoms with Crippen molar-refractivity contribution in [3.05, 3.63) is 24.0 Å². The zero-order chi connectivity index (χ0) is 23.9. The Labute approximate surface area is 192 Å². The number of benzene rings is 1. The highest BCUT2D eigenvalue weighted by molar-refractivity contribution is 5.91. The topological polar surface area (TPSA) is 97.4 Å². The number of likely N-dealkylation sites (tertiary alicyclic amines) is 1. The Bertz CT molecular complexity index is 937. The quantitative estimate of drug-likeness (QED) is 0.697. The van der Waals surface area contributed by atoms with E-state index in [2.05, 4.69) is 5.32 Å². The molecule has 3 amide bonds. The van der Waals surface area contributed by atoms with Gasteiger partial charge in [-0.05, 0) is 44.7 Å². The average Bonchev–Trinajstić information content (AvgIpc) is 3.02. The summed E-state index contributed by atoms with van der Waals surface area (Å²) in [4.78, 5) is 38.8. The van der Waals surface area contributed by atoms with Crippen LogP contribution in [0.15, 0.2) is 18.2 Å². The van der Waals surface area contributed by atoms with Crippen LogP contribution in [0.1, 0.15) is 27.7 Å². The molecule has 3 fully saturated rings. The molecule has 2 aliphatic heterocycles. The minimum absolute atomic E-state index is 0.179. The van der Waals surface area contributed by atoms with Crippen LogP contribution in [0.25, 0.3) is 0 Å². The first-order valence-electron chi connectivity index (χ1n) is 11.1. The Hall–Kier alpha value is -3.04. The zero-order valence-electron chi connectivity index (χ0n) is 19.3. The fourth-order valence-electron chi connectivity index (χ4n) is 4.46. The predicted molar refractivity (Wildman–Crippen MR) is 116 cm³/mol. The summed E-state index contributed by atoms with van der Waals surface area (Å²) >= 11 is 0. The van der Waals surface area contributed by atoms with E-state index in [0.717, 1.165) is 0 Å². The van der Waals surface area contributed by atoms with Gasteiger partial charge in [-0.25, -0.2) is 14.0 Å². The van der Waals surface area contributed by atoms with Crippen LogP contribution in [-0.4, -0.2) is 67.5 Å². The lowest BCUT2D eigenvalue weighted by Crippen LogP contribution is -2.37. The van der Waals surface area contributed by atoms with E-state index in [0.29, 0.717) is 48.9 Å². The van der Waals surface area contributed by atoms with E-state index in [9.17, 15) is 18.8 Å². The number of fused-ring (bicyclic) bond motifs is 1. The molecule has 0 spiro atoms. The number of nitrogens with one attached hydrogen (secondary N) is 1. The van der Waals surface area contributed by atoms with Crippen LogP contribution >= 0.6 is 0 Å². The average molecular weight is 464 g/mol. The number of hydrogen-bond acceptors (Lipinski definition) is 6. The number of carbonyl (C=O) groups excluding carboxylic acids is 3. The first-order chi connectivity index (χ1) is 15.5. The molecule has 2 saturated heterocycles. The minimum atomic E-state index is -0.614. The highest BCUT2D eigenvalue weighted by atomic mass is 19.1. The van der Waals surface area contributed by atoms with Crippen molar-refractivity contribution in [1.82, 2.24) is 10.2 Å². The van der Waals surface area contributed by atoms with E-state index >= 15 is 0 Å². The number of anilines is 1. The molecule has 0 bridgehead atoms. The number of rotatable bonds is 6. The van der Waals surface area contributed by atoms with Crippen LogP contribution in [0.3, 0.4) is 0 Å². The molecule has 1 unspecified atom stereocenters. The van der Waals surface area contributed by atoms with Gasteiger partial charge in [0, 0.05) is 32.0 Å². The molecule has 1 aromatic rings. The normalized spacial score (nSPS) is 26.0. The van der Waals surface area contributed by atoms with E-state index < -0.39 is 23.6 Å². The summed E-state index contributed by atoms with van der Waals surface area (Å²) in [7, 11) is 0. The third kappa shape index (κ3) is 5.31. The molecule has 3 aliphatic rings. The van der Waals surface area contributed by atoms with Crippen molar-refractivity contribution in [2.45, 2.75) is 39.4 Å². The van der Waals surface area contributed by atoms with Crippen LogP contribution in [0.4, 0.5) is 19.7 Å². The number of carbonyl (C=O) groups is 3. The summed E-state index contributed by atoms with van der Waals surface area (Å²) in [5.74, 6) is 0.661. The maximum Gasteiger partial charge on any atom is 0.414 e. The molecule has 0 aromatic heterocycles. The molecule has 1 aromatic carbocycles. The second-order valence-electron chi connectivity index (χ2n) is 9.85. The molecule has 1 saturated carbocycles. The van der Waals surface area contributed by atoms with Gasteiger partial charge < -0.3 is 24.4 Å². The number of halogens is 1. The fraction of sp³-hybridized carbons (Fsp3) is 0.609. The maximum absolute atomic E-state index is 14.0. The molecule has 0 radical (unpaired) electrons. The van der Waals surface area contributed by atoms with Gasteiger partial charge >= 0.3 is 12.2 Å². The molecule has 4 rings (SSSR count). The van der Waals surface area contributed by atoms with Gasteiger partial charge in [0.25, 0.3) is 0 Å². The Morgan fingerprint density at radius 1 is 1.21 bits per heavy atom. The van der Waals surface area contributed by atoms with Crippen LogP contribution < -0.4 is 15.0 Å². The second kappa shape index (κ2) is 8.72. The van der Waals surface area contributed by atoms with Crippen LogP contribution in [-0.2, 0) is 14.3 Å².